The minimum absolute atomic E-state index is 0.566. The van der Waals surface area contributed by atoms with E-state index in [0.29, 0.717) is 17.5 Å². The van der Waals surface area contributed by atoms with Gasteiger partial charge in [0.15, 0.2) is 17.5 Å². The SMILES string of the molecule is c1ccc(-c2cccc(-c3cc(-c4cccc5oc6c(-c7nc(-c8ccccc8)nc(-c8ccccc8)n7)cccc6c45)c4sc5ccccc5c4c3)c2)cc1. The first-order valence-corrected chi connectivity index (χ1v) is 19.5. The molecule has 0 amide bonds. The molecule has 0 saturated heterocycles. The lowest BCUT2D eigenvalue weighted by atomic mass is 9.92. The van der Waals surface area contributed by atoms with Crippen molar-refractivity contribution in [2.75, 3.05) is 0 Å². The summed E-state index contributed by atoms with van der Waals surface area (Å²) in [4.78, 5) is 15.0. The van der Waals surface area contributed by atoms with Crippen LogP contribution in [-0.2, 0) is 0 Å². The molecule has 3 heterocycles. The Morgan fingerprint density at radius 2 is 0.911 bits per heavy atom. The van der Waals surface area contributed by atoms with Gasteiger partial charge in [-0.3, -0.25) is 0 Å². The number of aromatic nitrogens is 3. The normalized spacial score (nSPS) is 11.6. The van der Waals surface area contributed by atoms with Crippen molar-refractivity contribution in [2.45, 2.75) is 0 Å². The maximum Gasteiger partial charge on any atom is 0.167 e. The Labute approximate surface area is 327 Å². The zero-order chi connectivity index (χ0) is 37.0. The van der Waals surface area contributed by atoms with Gasteiger partial charge in [-0.05, 0) is 64.2 Å². The summed E-state index contributed by atoms with van der Waals surface area (Å²) in [6.07, 6.45) is 0. The number of furan rings is 1. The zero-order valence-corrected chi connectivity index (χ0v) is 30.9. The van der Waals surface area contributed by atoms with Crippen LogP contribution in [-0.4, -0.2) is 15.0 Å². The summed E-state index contributed by atoms with van der Waals surface area (Å²) in [5.41, 5.74) is 11.3. The lowest BCUT2D eigenvalue weighted by Crippen LogP contribution is -2.00. The van der Waals surface area contributed by atoms with Crippen molar-refractivity contribution >= 4 is 53.4 Å². The molecule has 0 N–H and O–H groups in total. The van der Waals surface area contributed by atoms with Gasteiger partial charge in [0.25, 0.3) is 0 Å². The molecule has 0 aliphatic rings. The molecule has 3 aromatic heterocycles. The highest BCUT2D eigenvalue weighted by Crippen LogP contribution is 2.47. The van der Waals surface area contributed by atoms with Crippen LogP contribution in [0.1, 0.15) is 0 Å². The van der Waals surface area contributed by atoms with E-state index in [0.717, 1.165) is 44.2 Å². The van der Waals surface area contributed by atoms with E-state index in [1.165, 1.54) is 48.0 Å². The summed E-state index contributed by atoms with van der Waals surface area (Å²) < 4.78 is 9.37. The van der Waals surface area contributed by atoms with E-state index in [2.05, 4.69) is 121 Å². The number of para-hydroxylation sites is 1. The number of hydrogen-bond acceptors (Lipinski definition) is 5. The van der Waals surface area contributed by atoms with Gasteiger partial charge in [-0.15, -0.1) is 11.3 Å². The van der Waals surface area contributed by atoms with Crippen LogP contribution in [0.3, 0.4) is 0 Å². The average Bonchev–Trinajstić information content (AvgIpc) is 3.86. The van der Waals surface area contributed by atoms with E-state index in [-0.39, 0.29) is 0 Å². The lowest BCUT2D eigenvalue weighted by Gasteiger charge is -2.11. The van der Waals surface area contributed by atoms with E-state index in [1.54, 1.807) is 0 Å². The Hall–Kier alpha value is -7.21. The minimum Gasteiger partial charge on any atom is -0.455 e. The molecule has 0 radical (unpaired) electrons. The molecule has 11 aromatic rings. The van der Waals surface area contributed by atoms with E-state index < -0.39 is 0 Å². The van der Waals surface area contributed by atoms with Crippen LogP contribution in [0.25, 0.3) is 110 Å². The Morgan fingerprint density at radius 1 is 0.357 bits per heavy atom. The summed E-state index contributed by atoms with van der Waals surface area (Å²) in [6, 6.07) is 65.7. The Kier molecular flexibility index (Phi) is 7.64. The van der Waals surface area contributed by atoms with Crippen LogP contribution in [0, 0.1) is 0 Å². The molecule has 0 aliphatic heterocycles. The monoisotopic (exact) mass is 733 g/mol. The van der Waals surface area contributed by atoms with Gasteiger partial charge in [-0.1, -0.05) is 152 Å². The molecule has 0 fully saturated rings. The second kappa shape index (κ2) is 13.3. The minimum atomic E-state index is 0.566. The fourth-order valence-corrected chi connectivity index (χ4v) is 9.09. The molecule has 5 heteroatoms. The highest BCUT2D eigenvalue weighted by molar-refractivity contribution is 7.26. The molecule has 0 spiro atoms. The van der Waals surface area contributed by atoms with Crippen molar-refractivity contribution in [3.8, 4) is 67.5 Å². The quantitative estimate of drug-likeness (QED) is 0.171. The molecule has 0 atom stereocenters. The van der Waals surface area contributed by atoms with Crippen LogP contribution >= 0.6 is 11.3 Å². The van der Waals surface area contributed by atoms with Gasteiger partial charge in [-0.2, -0.15) is 0 Å². The summed E-state index contributed by atoms with van der Waals surface area (Å²) in [6.45, 7) is 0. The first kappa shape index (κ1) is 32.2. The molecule has 56 heavy (non-hydrogen) atoms. The number of rotatable bonds is 6. The number of benzene rings is 8. The van der Waals surface area contributed by atoms with Crippen LogP contribution in [0.2, 0.25) is 0 Å². The maximum atomic E-state index is 6.84. The van der Waals surface area contributed by atoms with Crippen LogP contribution < -0.4 is 0 Å². The predicted molar refractivity (Wildman–Crippen MR) is 233 cm³/mol. The maximum absolute atomic E-state index is 6.84. The Balaban J connectivity index is 1.14. The number of nitrogens with zero attached hydrogens (tertiary/aromatic N) is 3. The average molecular weight is 734 g/mol. The van der Waals surface area contributed by atoms with Crippen LogP contribution in [0.4, 0.5) is 0 Å². The van der Waals surface area contributed by atoms with Gasteiger partial charge in [0.1, 0.15) is 11.2 Å². The van der Waals surface area contributed by atoms with Crippen LogP contribution in [0.5, 0.6) is 0 Å². The predicted octanol–water partition coefficient (Wildman–Crippen LogP) is 14.1. The highest BCUT2D eigenvalue weighted by Gasteiger charge is 2.22. The third kappa shape index (κ3) is 5.48. The zero-order valence-electron chi connectivity index (χ0n) is 30.1. The van der Waals surface area contributed by atoms with Crippen molar-refractivity contribution in [3.63, 3.8) is 0 Å². The third-order valence-corrected chi connectivity index (χ3v) is 11.8. The molecule has 11 rings (SSSR count). The van der Waals surface area contributed by atoms with Crippen molar-refractivity contribution in [1.29, 1.82) is 0 Å². The Morgan fingerprint density at radius 3 is 1.64 bits per heavy atom. The van der Waals surface area contributed by atoms with Gasteiger partial charge >= 0.3 is 0 Å². The van der Waals surface area contributed by atoms with Gasteiger partial charge < -0.3 is 4.42 Å². The summed E-state index contributed by atoms with van der Waals surface area (Å²) in [5.74, 6) is 1.79. The fraction of sp³-hybridized carbons (Fsp3) is 0. The molecular formula is C51H31N3OS. The molecule has 262 valence electrons. The lowest BCUT2D eigenvalue weighted by molar-refractivity contribution is 0.669. The van der Waals surface area contributed by atoms with Crippen molar-refractivity contribution in [1.82, 2.24) is 15.0 Å². The van der Waals surface area contributed by atoms with Crippen molar-refractivity contribution in [3.05, 3.63) is 188 Å². The molecule has 8 aromatic carbocycles. The molecule has 0 saturated carbocycles. The molecule has 0 unspecified atom stereocenters. The topological polar surface area (TPSA) is 51.8 Å². The van der Waals surface area contributed by atoms with Gasteiger partial charge in [0.2, 0.25) is 0 Å². The number of thiophene rings is 1. The molecule has 0 bridgehead atoms. The fourth-order valence-electron chi connectivity index (χ4n) is 7.88. The second-order valence-electron chi connectivity index (χ2n) is 13.9. The summed E-state index contributed by atoms with van der Waals surface area (Å²) >= 11 is 1.85. The summed E-state index contributed by atoms with van der Waals surface area (Å²) in [5, 5.41) is 4.60. The van der Waals surface area contributed by atoms with Gasteiger partial charge in [-0.25, -0.2) is 15.0 Å². The van der Waals surface area contributed by atoms with Crippen molar-refractivity contribution < 1.29 is 4.42 Å². The molecule has 4 nitrogen and oxygen atoms in total. The first-order chi connectivity index (χ1) is 27.7. The number of hydrogen-bond donors (Lipinski definition) is 0. The largest absolute Gasteiger partial charge is 0.455 e. The summed E-state index contributed by atoms with van der Waals surface area (Å²) in [7, 11) is 0. The van der Waals surface area contributed by atoms with Crippen LogP contribution in [0.15, 0.2) is 192 Å². The highest BCUT2D eigenvalue weighted by atomic mass is 32.1. The first-order valence-electron chi connectivity index (χ1n) is 18.7. The smallest absolute Gasteiger partial charge is 0.167 e. The third-order valence-electron chi connectivity index (χ3n) is 10.5. The molecular weight excluding hydrogens is 703 g/mol. The van der Waals surface area contributed by atoms with E-state index >= 15 is 0 Å². The standard InChI is InChI=1S/C51H31N3OS/c1-4-15-32(16-5-1)35-21-12-22-36(29-35)37-30-42-38-23-10-11-28-45(38)56-48(42)43(31-37)39-24-14-27-44-46(39)40-25-13-26-41(47(40)55-44)51-53-49(33-17-6-2-7-18-33)52-50(54-51)34-19-8-3-9-20-34/h1-31H. The van der Waals surface area contributed by atoms with Gasteiger partial charge in [0.05, 0.1) is 5.56 Å². The molecule has 0 aliphatic carbocycles. The second-order valence-corrected chi connectivity index (χ2v) is 15.0. The Bertz CT molecular complexity index is 3180. The van der Waals surface area contributed by atoms with E-state index in [1.807, 2.05) is 78.1 Å². The van der Waals surface area contributed by atoms with Gasteiger partial charge in [0, 0.05) is 47.6 Å². The van der Waals surface area contributed by atoms with E-state index in [9.17, 15) is 0 Å². The van der Waals surface area contributed by atoms with E-state index in [4.69, 9.17) is 19.4 Å². The number of fused-ring (bicyclic) bond motifs is 6. The van der Waals surface area contributed by atoms with Crippen molar-refractivity contribution in [2.24, 2.45) is 0 Å².